The van der Waals surface area contributed by atoms with Crippen molar-refractivity contribution in [3.63, 3.8) is 0 Å². The SMILES string of the molecule is COc1cccc(NC(=O)NCc2cccnc2-c2cccs2)c1OC. The van der Waals surface area contributed by atoms with E-state index in [9.17, 15) is 4.79 Å². The van der Waals surface area contributed by atoms with Gasteiger partial charge in [0.05, 0.1) is 30.5 Å². The van der Waals surface area contributed by atoms with Crippen molar-refractivity contribution in [2.45, 2.75) is 6.54 Å². The first-order valence-electron chi connectivity index (χ1n) is 7.96. The summed E-state index contributed by atoms with van der Waals surface area (Å²) in [5.74, 6) is 1.03. The third kappa shape index (κ3) is 3.94. The van der Waals surface area contributed by atoms with Gasteiger partial charge in [-0.1, -0.05) is 18.2 Å². The zero-order chi connectivity index (χ0) is 18.4. The molecule has 0 fully saturated rings. The largest absolute Gasteiger partial charge is 0.493 e. The molecule has 0 saturated heterocycles. The zero-order valence-corrected chi connectivity index (χ0v) is 15.3. The summed E-state index contributed by atoms with van der Waals surface area (Å²) in [6.45, 7) is 0.360. The Kier molecular flexibility index (Phi) is 5.70. The minimum absolute atomic E-state index is 0.336. The Bertz CT molecular complexity index is 881. The number of nitrogens with one attached hydrogen (secondary N) is 2. The van der Waals surface area contributed by atoms with Crippen LogP contribution >= 0.6 is 11.3 Å². The normalized spacial score (nSPS) is 10.2. The van der Waals surface area contributed by atoms with Crippen LogP contribution < -0.4 is 20.1 Å². The number of hydrogen-bond acceptors (Lipinski definition) is 5. The lowest BCUT2D eigenvalue weighted by molar-refractivity contribution is 0.251. The molecule has 2 aromatic heterocycles. The number of carbonyl (C=O) groups excluding carboxylic acids is 1. The highest BCUT2D eigenvalue weighted by Crippen LogP contribution is 2.34. The highest BCUT2D eigenvalue weighted by Gasteiger charge is 2.13. The van der Waals surface area contributed by atoms with Gasteiger partial charge < -0.3 is 20.1 Å². The highest BCUT2D eigenvalue weighted by atomic mass is 32.1. The van der Waals surface area contributed by atoms with Gasteiger partial charge in [0.25, 0.3) is 0 Å². The van der Waals surface area contributed by atoms with E-state index in [0.29, 0.717) is 23.7 Å². The number of benzene rings is 1. The second-order valence-corrected chi connectivity index (χ2v) is 6.28. The van der Waals surface area contributed by atoms with Crippen LogP contribution in [0.2, 0.25) is 0 Å². The molecule has 0 radical (unpaired) electrons. The maximum atomic E-state index is 12.3. The first-order chi connectivity index (χ1) is 12.7. The van der Waals surface area contributed by atoms with E-state index in [1.165, 1.54) is 7.11 Å². The van der Waals surface area contributed by atoms with Gasteiger partial charge in [-0.2, -0.15) is 0 Å². The second-order valence-electron chi connectivity index (χ2n) is 5.34. The van der Waals surface area contributed by atoms with E-state index in [1.54, 1.807) is 42.8 Å². The molecule has 2 heterocycles. The summed E-state index contributed by atoms with van der Waals surface area (Å²) in [4.78, 5) is 17.8. The molecule has 2 amide bonds. The standard InChI is InChI=1S/C19H19N3O3S/c1-24-15-8-3-7-14(18(15)25-2)22-19(23)21-12-13-6-4-10-20-17(13)16-9-5-11-26-16/h3-11H,12H2,1-2H3,(H2,21,22,23). The summed E-state index contributed by atoms with van der Waals surface area (Å²) in [5, 5.41) is 7.65. The number of carbonyl (C=O) groups is 1. The number of hydrogen-bond donors (Lipinski definition) is 2. The number of aromatic nitrogens is 1. The van der Waals surface area contributed by atoms with Crippen molar-refractivity contribution in [3.05, 3.63) is 59.6 Å². The van der Waals surface area contributed by atoms with Crippen LogP contribution in [0.1, 0.15) is 5.56 Å². The molecule has 0 unspecified atom stereocenters. The number of urea groups is 1. The number of anilines is 1. The van der Waals surface area contributed by atoms with Gasteiger partial charge in [-0.05, 0) is 35.2 Å². The fourth-order valence-corrected chi connectivity index (χ4v) is 3.30. The molecule has 0 aliphatic heterocycles. The van der Waals surface area contributed by atoms with Crippen molar-refractivity contribution in [1.82, 2.24) is 10.3 Å². The predicted octanol–water partition coefficient (Wildman–Crippen LogP) is 4.15. The zero-order valence-electron chi connectivity index (χ0n) is 14.5. The minimum atomic E-state index is -0.336. The van der Waals surface area contributed by atoms with Crippen LogP contribution in [-0.2, 0) is 6.54 Å². The smallest absolute Gasteiger partial charge is 0.319 e. The van der Waals surface area contributed by atoms with Crippen molar-refractivity contribution in [2.24, 2.45) is 0 Å². The van der Waals surface area contributed by atoms with E-state index in [4.69, 9.17) is 9.47 Å². The highest BCUT2D eigenvalue weighted by molar-refractivity contribution is 7.13. The van der Waals surface area contributed by atoms with Gasteiger partial charge in [0.1, 0.15) is 0 Å². The average molecular weight is 369 g/mol. The van der Waals surface area contributed by atoms with E-state index >= 15 is 0 Å². The van der Waals surface area contributed by atoms with Crippen molar-refractivity contribution in [1.29, 1.82) is 0 Å². The number of para-hydroxylation sites is 1. The Hall–Kier alpha value is -3.06. The van der Waals surface area contributed by atoms with E-state index in [2.05, 4.69) is 15.6 Å². The molecule has 0 spiro atoms. The van der Waals surface area contributed by atoms with E-state index in [-0.39, 0.29) is 6.03 Å². The molecular weight excluding hydrogens is 350 g/mol. The minimum Gasteiger partial charge on any atom is -0.493 e. The van der Waals surface area contributed by atoms with Gasteiger partial charge in [-0.25, -0.2) is 4.79 Å². The number of amides is 2. The maximum Gasteiger partial charge on any atom is 0.319 e. The van der Waals surface area contributed by atoms with Gasteiger partial charge in [0.2, 0.25) is 0 Å². The maximum absolute atomic E-state index is 12.3. The van der Waals surface area contributed by atoms with Crippen molar-refractivity contribution >= 4 is 23.1 Å². The van der Waals surface area contributed by atoms with Crippen LogP contribution in [0.4, 0.5) is 10.5 Å². The molecule has 0 atom stereocenters. The Balaban J connectivity index is 1.70. The summed E-state index contributed by atoms with van der Waals surface area (Å²) < 4.78 is 10.6. The number of pyridine rings is 1. The fourth-order valence-electron chi connectivity index (χ4n) is 2.54. The molecule has 0 aliphatic carbocycles. The first kappa shape index (κ1) is 17.8. The van der Waals surface area contributed by atoms with Crippen molar-refractivity contribution < 1.29 is 14.3 Å². The Morgan fingerprint density at radius 1 is 1.12 bits per heavy atom. The topological polar surface area (TPSA) is 72.5 Å². The first-order valence-corrected chi connectivity index (χ1v) is 8.84. The predicted molar refractivity (Wildman–Crippen MR) is 103 cm³/mol. The molecule has 3 rings (SSSR count). The molecule has 7 heteroatoms. The molecule has 3 aromatic rings. The van der Waals surface area contributed by atoms with Crippen LogP contribution in [0.15, 0.2) is 54.0 Å². The summed E-state index contributed by atoms with van der Waals surface area (Å²) in [5.41, 5.74) is 2.36. The van der Waals surface area contributed by atoms with Gasteiger partial charge >= 0.3 is 6.03 Å². The van der Waals surface area contributed by atoms with Crippen LogP contribution in [0, 0.1) is 0 Å². The fraction of sp³-hybridized carbons (Fsp3) is 0.158. The molecular formula is C19H19N3O3S. The van der Waals surface area contributed by atoms with Crippen molar-refractivity contribution in [2.75, 3.05) is 19.5 Å². The molecule has 0 bridgehead atoms. The average Bonchev–Trinajstić information content (AvgIpc) is 3.21. The Morgan fingerprint density at radius 3 is 2.73 bits per heavy atom. The Labute approximate surface area is 155 Å². The van der Waals surface area contributed by atoms with Crippen LogP contribution in [-0.4, -0.2) is 25.2 Å². The molecule has 6 nitrogen and oxygen atoms in total. The summed E-state index contributed by atoms with van der Waals surface area (Å²) in [6, 6.07) is 12.8. The molecule has 2 N–H and O–H groups in total. The Morgan fingerprint density at radius 2 is 2.00 bits per heavy atom. The molecule has 1 aromatic carbocycles. The van der Waals surface area contributed by atoms with Gasteiger partial charge in [0.15, 0.2) is 11.5 Å². The van der Waals surface area contributed by atoms with Gasteiger partial charge in [-0.3, -0.25) is 4.98 Å². The summed E-state index contributed by atoms with van der Waals surface area (Å²) in [7, 11) is 3.08. The van der Waals surface area contributed by atoms with Gasteiger partial charge in [0, 0.05) is 12.7 Å². The summed E-state index contributed by atoms with van der Waals surface area (Å²) in [6.07, 6.45) is 1.75. The van der Waals surface area contributed by atoms with E-state index in [1.807, 2.05) is 29.6 Å². The van der Waals surface area contributed by atoms with E-state index in [0.717, 1.165) is 16.1 Å². The molecule has 0 aliphatic rings. The molecule has 134 valence electrons. The second kappa shape index (κ2) is 8.35. The quantitative estimate of drug-likeness (QED) is 0.685. The monoisotopic (exact) mass is 369 g/mol. The number of rotatable bonds is 6. The number of methoxy groups -OCH3 is 2. The number of nitrogens with zero attached hydrogens (tertiary/aromatic N) is 1. The third-order valence-corrected chi connectivity index (χ3v) is 4.61. The lowest BCUT2D eigenvalue weighted by Gasteiger charge is -2.14. The molecule has 0 saturated carbocycles. The number of ether oxygens (including phenoxy) is 2. The van der Waals surface area contributed by atoms with Crippen LogP contribution in [0.25, 0.3) is 10.6 Å². The van der Waals surface area contributed by atoms with Crippen LogP contribution in [0.5, 0.6) is 11.5 Å². The summed E-state index contributed by atoms with van der Waals surface area (Å²) >= 11 is 1.61. The lowest BCUT2D eigenvalue weighted by Crippen LogP contribution is -2.28. The van der Waals surface area contributed by atoms with Crippen LogP contribution in [0.3, 0.4) is 0 Å². The lowest BCUT2D eigenvalue weighted by atomic mass is 10.1. The number of thiophene rings is 1. The van der Waals surface area contributed by atoms with Gasteiger partial charge in [-0.15, -0.1) is 11.3 Å². The van der Waals surface area contributed by atoms with E-state index < -0.39 is 0 Å². The van der Waals surface area contributed by atoms with Crippen molar-refractivity contribution in [3.8, 4) is 22.1 Å². The third-order valence-electron chi connectivity index (χ3n) is 3.74. The molecule has 26 heavy (non-hydrogen) atoms.